The molecule has 0 radical (unpaired) electrons. The van der Waals surface area contributed by atoms with Crippen LogP contribution in [0.15, 0.2) is 24.3 Å². The van der Waals surface area contributed by atoms with E-state index in [9.17, 15) is 18.4 Å². The number of esters is 1. The van der Waals surface area contributed by atoms with Crippen molar-refractivity contribution in [1.29, 1.82) is 0 Å². The average molecular weight is 357 g/mol. The number of benzene rings is 1. The molecule has 1 rings (SSSR count). The highest BCUT2D eigenvalue weighted by Crippen LogP contribution is 2.29. The van der Waals surface area contributed by atoms with Crippen LogP contribution in [0.5, 0.6) is 11.5 Å². The first-order valence-corrected chi connectivity index (χ1v) is 7.56. The van der Waals surface area contributed by atoms with Gasteiger partial charge in [0.2, 0.25) is 0 Å². The molecular formula is C17H21F2NO5. The van der Waals surface area contributed by atoms with Crippen molar-refractivity contribution in [2.75, 3.05) is 20.3 Å². The molecule has 1 amide bonds. The summed E-state index contributed by atoms with van der Waals surface area (Å²) in [5.41, 5.74) is 0.514. The van der Waals surface area contributed by atoms with Crippen molar-refractivity contribution >= 4 is 18.0 Å². The van der Waals surface area contributed by atoms with E-state index in [1.807, 2.05) is 13.8 Å². The van der Waals surface area contributed by atoms with Gasteiger partial charge in [-0.2, -0.15) is 8.78 Å². The molecule has 1 aromatic rings. The van der Waals surface area contributed by atoms with Crippen molar-refractivity contribution in [3.63, 3.8) is 0 Å². The van der Waals surface area contributed by atoms with Crippen LogP contribution in [-0.4, -0.2) is 38.7 Å². The van der Waals surface area contributed by atoms with E-state index in [0.29, 0.717) is 18.0 Å². The summed E-state index contributed by atoms with van der Waals surface area (Å²) in [4.78, 5) is 23.0. The number of amides is 1. The topological polar surface area (TPSA) is 73.9 Å². The second kappa shape index (κ2) is 10.3. The van der Waals surface area contributed by atoms with Crippen LogP contribution in [0.1, 0.15) is 19.4 Å². The molecule has 0 spiro atoms. The first-order chi connectivity index (χ1) is 11.8. The average Bonchev–Trinajstić information content (AvgIpc) is 2.56. The molecule has 0 aliphatic heterocycles. The molecular weight excluding hydrogens is 336 g/mol. The van der Waals surface area contributed by atoms with Gasteiger partial charge in [0.05, 0.1) is 7.11 Å². The molecule has 6 nitrogen and oxygen atoms in total. The Morgan fingerprint density at radius 2 is 1.96 bits per heavy atom. The smallest absolute Gasteiger partial charge is 0.387 e. The number of nitrogens with one attached hydrogen (secondary N) is 1. The first-order valence-electron chi connectivity index (χ1n) is 7.56. The summed E-state index contributed by atoms with van der Waals surface area (Å²) in [5.74, 6) is -0.799. The number of hydrogen-bond donors (Lipinski definition) is 1. The molecule has 0 aromatic heterocycles. The van der Waals surface area contributed by atoms with Crippen LogP contribution in [0.4, 0.5) is 8.78 Å². The molecule has 0 atom stereocenters. The Kier molecular flexibility index (Phi) is 8.38. The predicted octanol–water partition coefficient (Wildman–Crippen LogP) is 2.63. The molecule has 1 N–H and O–H groups in total. The molecule has 0 unspecified atom stereocenters. The highest BCUT2D eigenvalue weighted by molar-refractivity contribution is 5.89. The third-order valence-electron chi connectivity index (χ3n) is 2.87. The number of halogens is 2. The van der Waals surface area contributed by atoms with Gasteiger partial charge in [0.1, 0.15) is 0 Å². The fraction of sp³-hybridized carbons (Fsp3) is 0.412. The lowest BCUT2D eigenvalue weighted by atomic mass is 10.2. The van der Waals surface area contributed by atoms with Gasteiger partial charge in [-0.05, 0) is 29.7 Å². The fourth-order valence-electron chi connectivity index (χ4n) is 1.70. The fourth-order valence-corrected chi connectivity index (χ4v) is 1.70. The maximum atomic E-state index is 12.3. The monoisotopic (exact) mass is 357 g/mol. The van der Waals surface area contributed by atoms with Crippen LogP contribution in [0.25, 0.3) is 6.08 Å². The normalized spacial score (nSPS) is 11.0. The van der Waals surface area contributed by atoms with Gasteiger partial charge in [-0.15, -0.1) is 0 Å². The number of rotatable bonds is 9. The van der Waals surface area contributed by atoms with Gasteiger partial charge in [-0.3, -0.25) is 4.79 Å². The van der Waals surface area contributed by atoms with Crippen molar-refractivity contribution in [2.45, 2.75) is 20.5 Å². The Morgan fingerprint density at radius 3 is 2.56 bits per heavy atom. The van der Waals surface area contributed by atoms with Gasteiger partial charge in [0.25, 0.3) is 5.91 Å². The zero-order valence-corrected chi connectivity index (χ0v) is 14.3. The first kappa shape index (κ1) is 20.4. The number of ether oxygens (including phenoxy) is 3. The third kappa shape index (κ3) is 8.14. The van der Waals surface area contributed by atoms with E-state index in [1.54, 1.807) is 0 Å². The molecule has 25 heavy (non-hydrogen) atoms. The van der Waals surface area contributed by atoms with Gasteiger partial charge in [-0.1, -0.05) is 19.9 Å². The number of alkyl halides is 2. The standard InChI is InChI=1S/C17H21F2NO5/c1-11(2)9-20-15(21)10-24-16(22)7-5-12-4-6-13(25-17(18)19)14(8-12)23-3/h4-8,11,17H,9-10H2,1-3H3,(H,20,21)/b7-5+. The van der Waals surface area contributed by atoms with Crippen molar-refractivity contribution in [1.82, 2.24) is 5.32 Å². The maximum Gasteiger partial charge on any atom is 0.387 e. The zero-order chi connectivity index (χ0) is 18.8. The number of hydrogen-bond acceptors (Lipinski definition) is 5. The van der Waals surface area contributed by atoms with Crippen LogP contribution in [0.2, 0.25) is 0 Å². The minimum Gasteiger partial charge on any atom is -0.493 e. The molecule has 0 bridgehead atoms. The predicted molar refractivity (Wildman–Crippen MR) is 87.5 cm³/mol. The molecule has 0 aliphatic carbocycles. The Labute approximate surface area is 144 Å². The van der Waals surface area contributed by atoms with Crippen molar-refractivity contribution in [2.24, 2.45) is 5.92 Å². The van der Waals surface area contributed by atoms with Crippen molar-refractivity contribution in [3.05, 3.63) is 29.8 Å². The number of carbonyl (C=O) groups is 2. The highest BCUT2D eigenvalue weighted by Gasteiger charge is 2.10. The summed E-state index contributed by atoms with van der Waals surface area (Å²) in [6.45, 7) is 1.05. The largest absolute Gasteiger partial charge is 0.493 e. The third-order valence-corrected chi connectivity index (χ3v) is 2.87. The molecule has 0 saturated heterocycles. The summed E-state index contributed by atoms with van der Waals surface area (Å²) in [5, 5.41) is 2.62. The lowest BCUT2D eigenvalue weighted by Gasteiger charge is -2.10. The molecule has 1 aromatic carbocycles. The van der Waals surface area contributed by atoms with Gasteiger partial charge < -0.3 is 19.5 Å². The van der Waals surface area contributed by atoms with Crippen molar-refractivity contribution in [3.8, 4) is 11.5 Å². The highest BCUT2D eigenvalue weighted by atomic mass is 19.3. The Hall–Kier alpha value is -2.64. The SMILES string of the molecule is COc1cc(/C=C/C(=O)OCC(=O)NCC(C)C)ccc1OC(F)F. The Bertz CT molecular complexity index is 617. The van der Waals surface area contributed by atoms with Crippen LogP contribution < -0.4 is 14.8 Å². The van der Waals surface area contributed by atoms with E-state index in [1.165, 1.54) is 31.4 Å². The van der Waals surface area contributed by atoms with Gasteiger partial charge in [-0.25, -0.2) is 4.79 Å². The maximum absolute atomic E-state index is 12.3. The zero-order valence-electron chi connectivity index (χ0n) is 14.3. The molecule has 0 saturated carbocycles. The quantitative estimate of drug-likeness (QED) is 0.543. The van der Waals surface area contributed by atoms with Crippen LogP contribution in [0, 0.1) is 5.92 Å². The van der Waals surface area contributed by atoms with E-state index in [0.717, 1.165) is 6.08 Å². The minimum atomic E-state index is -2.97. The van der Waals surface area contributed by atoms with Crippen LogP contribution in [0.3, 0.4) is 0 Å². The Balaban J connectivity index is 2.57. The summed E-state index contributed by atoms with van der Waals surface area (Å²) in [7, 11) is 1.31. The van der Waals surface area contributed by atoms with Crippen molar-refractivity contribution < 1.29 is 32.6 Å². The van der Waals surface area contributed by atoms with E-state index >= 15 is 0 Å². The molecule has 8 heteroatoms. The molecule has 0 fully saturated rings. The van der Waals surface area contributed by atoms with Crippen LogP contribution in [-0.2, 0) is 14.3 Å². The minimum absolute atomic E-state index is 0.101. The van der Waals surface area contributed by atoms with Crippen LogP contribution >= 0.6 is 0 Å². The second-order valence-electron chi connectivity index (χ2n) is 5.43. The number of carbonyl (C=O) groups excluding carboxylic acids is 2. The second-order valence-corrected chi connectivity index (χ2v) is 5.43. The lowest BCUT2D eigenvalue weighted by molar-refractivity contribution is -0.143. The molecule has 138 valence electrons. The van der Waals surface area contributed by atoms with E-state index in [-0.39, 0.29) is 24.0 Å². The summed E-state index contributed by atoms with van der Waals surface area (Å²) in [6, 6.07) is 4.20. The van der Waals surface area contributed by atoms with E-state index in [2.05, 4.69) is 10.1 Å². The van der Waals surface area contributed by atoms with Gasteiger partial charge in [0, 0.05) is 12.6 Å². The van der Waals surface area contributed by atoms with Gasteiger partial charge >= 0.3 is 12.6 Å². The van der Waals surface area contributed by atoms with E-state index in [4.69, 9.17) is 9.47 Å². The summed E-state index contributed by atoms with van der Waals surface area (Å²) >= 11 is 0. The summed E-state index contributed by atoms with van der Waals surface area (Å²) in [6.07, 6.45) is 2.53. The van der Waals surface area contributed by atoms with Gasteiger partial charge in [0.15, 0.2) is 18.1 Å². The lowest BCUT2D eigenvalue weighted by Crippen LogP contribution is -2.31. The Morgan fingerprint density at radius 1 is 1.24 bits per heavy atom. The summed E-state index contributed by atoms with van der Waals surface area (Å²) < 4.78 is 38.6. The molecule has 0 heterocycles. The van der Waals surface area contributed by atoms with E-state index < -0.39 is 12.6 Å². The molecule has 0 aliphatic rings. The number of methoxy groups -OCH3 is 1.